The third-order valence-electron chi connectivity index (χ3n) is 5.53. The summed E-state index contributed by atoms with van der Waals surface area (Å²) in [4.78, 5) is 20.7. The van der Waals surface area contributed by atoms with E-state index in [4.69, 9.17) is 29.9 Å². The van der Waals surface area contributed by atoms with Gasteiger partial charge < -0.3 is 19.9 Å². The highest BCUT2D eigenvalue weighted by Crippen LogP contribution is 2.36. The quantitative estimate of drug-likeness (QED) is 0.383. The van der Waals surface area contributed by atoms with Gasteiger partial charge in [-0.2, -0.15) is 0 Å². The minimum absolute atomic E-state index is 0. The van der Waals surface area contributed by atoms with Gasteiger partial charge in [0.25, 0.3) is 5.91 Å². The number of hydrogen-bond acceptors (Lipinski definition) is 6. The molecule has 0 unspecified atom stereocenters. The number of amides is 1. The Morgan fingerprint density at radius 3 is 2.41 bits per heavy atom. The summed E-state index contributed by atoms with van der Waals surface area (Å²) in [5.74, 6) is 1.35. The van der Waals surface area contributed by atoms with Crippen LogP contribution < -0.4 is 19.9 Å². The Morgan fingerprint density at radius 2 is 1.74 bits per heavy atom. The lowest BCUT2D eigenvalue weighted by atomic mass is 9.99. The Bertz CT molecular complexity index is 1320. The summed E-state index contributed by atoms with van der Waals surface area (Å²) < 4.78 is 16.7. The predicted octanol–water partition coefficient (Wildman–Crippen LogP) is 4.84. The number of aryl methyl sites for hydroxylation is 1. The number of primary amides is 1. The van der Waals surface area contributed by atoms with Crippen LogP contribution in [-0.4, -0.2) is 36.7 Å². The monoisotopic (exact) mass is 461 g/mol. The highest BCUT2D eigenvalue weighted by molar-refractivity contribution is 5.91. The van der Waals surface area contributed by atoms with E-state index < -0.39 is 5.91 Å². The Hall–Kier alpha value is -3.87. The van der Waals surface area contributed by atoms with Crippen LogP contribution in [0.3, 0.4) is 0 Å². The van der Waals surface area contributed by atoms with Gasteiger partial charge in [-0.1, -0.05) is 39.0 Å². The van der Waals surface area contributed by atoms with Crippen LogP contribution in [0.25, 0.3) is 21.7 Å². The molecule has 7 heteroatoms. The van der Waals surface area contributed by atoms with Crippen LogP contribution in [0.2, 0.25) is 0 Å². The molecule has 2 aromatic heterocycles. The number of benzene rings is 2. The molecule has 0 aliphatic carbocycles. The van der Waals surface area contributed by atoms with Gasteiger partial charge in [0, 0.05) is 34.8 Å². The Morgan fingerprint density at radius 1 is 1.00 bits per heavy atom. The van der Waals surface area contributed by atoms with Crippen molar-refractivity contribution < 1.29 is 19.0 Å². The van der Waals surface area contributed by atoms with Crippen molar-refractivity contribution in [3.63, 3.8) is 0 Å². The molecule has 0 aliphatic heterocycles. The van der Waals surface area contributed by atoms with E-state index in [1.807, 2.05) is 42.6 Å². The van der Waals surface area contributed by atoms with Gasteiger partial charge in [-0.25, -0.2) is 4.98 Å². The van der Waals surface area contributed by atoms with Crippen molar-refractivity contribution in [2.45, 2.75) is 33.6 Å². The zero-order valence-electron chi connectivity index (χ0n) is 19.1. The molecule has 0 atom stereocenters. The summed E-state index contributed by atoms with van der Waals surface area (Å²) in [5, 5.41) is 3.04. The van der Waals surface area contributed by atoms with Gasteiger partial charge in [0.2, 0.25) is 0 Å². The van der Waals surface area contributed by atoms with E-state index in [0.717, 1.165) is 46.0 Å². The number of nitrogens with zero attached hydrogens (tertiary/aromatic N) is 2. The number of para-hydroxylation sites is 1. The maximum atomic E-state index is 11.2. The van der Waals surface area contributed by atoms with Crippen LogP contribution in [0, 0.1) is 0 Å². The largest absolute Gasteiger partial charge is 0.493 e. The van der Waals surface area contributed by atoms with Crippen molar-refractivity contribution in [3.8, 4) is 17.2 Å². The third-order valence-corrected chi connectivity index (χ3v) is 5.53. The molecule has 2 N–H and O–H groups in total. The zero-order valence-corrected chi connectivity index (χ0v) is 19.1. The fraction of sp³-hybridized carbons (Fsp3) is 0.296. The van der Waals surface area contributed by atoms with Crippen molar-refractivity contribution in [2.24, 2.45) is 5.73 Å². The molecule has 0 saturated carbocycles. The normalized spacial score (nSPS) is 10.7. The number of fused-ring (bicyclic) bond motifs is 2. The van der Waals surface area contributed by atoms with Gasteiger partial charge in [0.05, 0.1) is 14.2 Å². The molecule has 1 amide bonds. The fourth-order valence-corrected chi connectivity index (χ4v) is 3.97. The van der Waals surface area contributed by atoms with Crippen LogP contribution in [0.15, 0.2) is 48.7 Å². The minimum atomic E-state index is -0.530. The fourth-order valence-electron chi connectivity index (χ4n) is 3.97. The second kappa shape index (κ2) is 10.8. The van der Waals surface area contributed by atoms with E-state index in [1.165, 1.54) is 0 Å². The maximum Gasteiger partial charge on any atom is 0.255 e. The predicted molar refractivity (Wildman–Crippen MR) is 135 cm³/mol. The summed E-state index contributed by atoms with van der Waals surface area (Å²) >= 11 is 0. The number of hydrogen-bond donors (Lipinski definition) is 1. The van der Waals surface area contributed by atoms with E-state index in [9.17, 15) is 4.79 Å². The number of methoxy groups -OCH3 is 2. The molecule has 2 aromatic carbocycles. The molecule has 0 radical (unpaired) electrons. The number of carbonyl (C=O) groups is 1. The summed E-state index contributed by atoms with van der Waals surface area (Å²) in [7, 11) is 3.27. The lowest BCUT2D eigenvalue weighted by Crippen LogP contribution is -2.20. The number of rotatable bonds is 9. The lowest BCUT2D eigenvalue weighted by molar-refractivity contribution is -0.119. The van der Waals surface area contributed by atoms with Crippen LogP contribution in [0.5, 0.6) is 17.2 Å². The Balaban J connectivity index is 0.00000324. The SMILES string of the molecule is C.CCCc1ncc(Cc2ccc3cccc(OCC(N)=O)c3n2)c2cc(OC)c(OC)cc12. The molecule has 34 heavy (non-hydrogen) atoms. The van der Waals surface area contributed by atoms with Gasteiger partial charge in [0.15, 0.2) is 18.1 Å². The van der Waals surface area contributed by atoms with Crippen molar-refractivity contribution in [3.05, 3.63) is 65.6 Å². The molecular weight excluding hydrogens is 430 g/mol. The van der Waals surface area contributed by atoms with Crippen molar-refractivity contribution in [1.82, 2.24) is 9.97 Å². The number of carbonyl (C=O) groups excluding carboxylic acids is 1. The molecule has 178 valence electrons. The van der Waals surface area contributed by atoms with Gasteiger partial charge >= 0.3 is 0 Å². The lowest BCUT2D eigenvalue weighted by Gasteiger charge is -2.15. The summed E-state index contributed by atoms with van der Waals surface area (Å²) in [6.45, 7) is 1.94. The molecule has 4 rings (SSSR count). The van der Waals surface area contributed by atoms with Crippen LogP contribution in [0.4, 0.5) is 0 Å². The summed E-state index contributed by atoms with van der Waals surface area (Å²) in [6, 6.07) is 13.6. The van der Waals surface area contributed by atoms with E-state index in [2.05, 4.69) is 6.92 Å². The van der Waals surface area contributed by atoms with Crippen LogP contribution >= 0.6 is 0 Å². The smallest absolute Gasteiger partial charge is 0.255 e. The number of nitrogens with two attached hydrogens (primary N) is 1. The van der Waals surface area contributed by atoms with Crippen molar-refractivity contribution >= 4 is 27.6 Å². The second-order valence-electron chi connectivity index (χ2n) is 7.80. The Kier molecular flexibility index (Phi) is 7.89. The van der Waals surface area contributed by atoms with Gasteiger partial charge in [-0.05, 0) is 41.6 Å². The van der Waals surface area contributed by atoms with Gasteiger partial charge in [-0.15, -0.1) is 0 Å². The first-order valence-electron chi connectivity index (χ1n) is 10.9. The topological polar surface area (TPSA) is 96.6 Å². The standard InChI is InChI=1S/C26H27N3O4.CH4/c1-4-6-21-20-13-24(32-3)23(31-2)12-19(20)17(14-28-21)11-18-10-9-16-7-5-8-22(26(16)29-18)33-15-25(27)30;/h5,7-10,12-14H,4,6,11,15H2,1-3H3,(H2,27,30);1H4. The molecule has 0 aliphatic rings. The molecule has 0 fully saturated rings. The first kappa shape index (κ1) is 24.8. The number of ether oxygens (including phenoxy) is 3. The summed E-state index contributed by atoms with van der Waals surface area (Å²) in [6.07, 6.45) is 4.36. The molecule has 4 aromatic rings. The first-order chi connectivity index (χ1) is 16.0. The molecule has 7 nitrogen and oxygen atoms in total. The molecule has 0 saturated heterocycles. The number of aromatic nitrogens is 2. The number of pyridine rings is 2. The average molecular weight is 462 g/mol. The average Bonchev–Trinajstić information content (AvgIpc) is 2.83. The molecular formula is C27H31N3O4. The van der Waals surface area contributed by atoms with Crippen molar-refractivity contribution in [1.29, 1.82) is 0 Å². The van der Waals surface area contributed by atoms with Crippen molar-refractivity contribution in [2.75, 3.05) is 20.8 Å². The Labute approximate surface area is 199 Å². The minimum Gasteiger partial charge on any atom is -0.493 e. The second-order valence-corrected chi connectivity index (χ2v) is 7.80. The zero-order chi connectivity index (χ0) is 23.4. The first-order valence-corrected chi connectivity index (χ1v) is 10.9. The molecule has 2 heterocycles. The highest BCUT2D eigenvalue weighted by atomic mass is 16.5. The summed E-state index contributed by atoms with van der Waals surface area (Å²) in [5.41, 5.74) is 8.86. The van der Waals surface area contributed by atoms with E-state index in [-0.39, 0.29) is 14.0 Å². The molecule has 0 spiro atoms. The highest BCUT2D eigenvalue weighted by Gasteiger charge is 2.15. The third kappa shape index (κ3) is 5.03. The molecule has 0 bridgehead atoms. The van der Waals surface area contributed by atoms with Gasteiger partial charge in [0.1, 0.15) is 11.3 Å². The van der Waals surface area contributed by atoms with Gasteiger partial charge in [-0.3, -0.25) is 9.78 Å². The van der Waals surface area contributed by atoms with E-state index in [1.54, 1.807) is 20.3 Å². The maximum absolute atomic E-state index is 11.2. The van der Waals surface area contributed by atoms with E-state index >= 15 is 0 Å². The van der Waals surface area contributed by atoms with E-state index in [0.29, 0.717) is 29.2 Å². The van der Waals surface area contributed by atoms with Crippen LogP contribution in [-0.2, 0) is 17.6 Å². The van der Waals surface area contributed by atoms with Crippen LogP contribution in [0.1, 0.15) is 37.7 Å².